The zero-order valence-corrected chi connectivity index (χ0v) is 9.28. The fourth-order valence-corrected chi connectivity index (χ4v) is 1.40. The van der Waals surface area contributed by atoms with Crippen LogP contribution in [0, 0.1) is 0 Å². The van der Waals surface area contributed by atoms with E-state index in [4.69, 9.17) is 14.6 Å². The second kappa shape index (κ2) is 5.44. The molecule has 0 bridgehead atoms. The van der Waals surface area contributed by atoms with Crippen molar-refractivity contribution in [2.45, 2.75) is 31.9 Å². The van der Waals surface area contributed by atoms with E-state index in [-0.39, 0.29) is 12.5 Å². The Labute approximate surface area is 89.8 Å². The van der Waals surface area contributed by atoms with Crippen molar-refractivity contribution in [3.8, 4) is 0 Å². The molecule has 1 heterocycles. The molecule has 5 nitrogen and oxygen atoms in total. The smallest absolute Gasteiger partial charge is 0.251 e. The van der Waals surface area contributed by atoms with E-state index >= 15 is 0 Å². The van der Waals surface area contributed by atoms with Gasteiger partial charge in [-0.25, -0.2) is 0 Å². The predicted molar refractivity (Wildman–Crippen MR) is 54.5 cm³/mol. The summed E-state index contributed by atoms with van der Waals surface area (Å²) in [6.07, 6.45) is 0.00323. The van der Waals surface area contributed by atoms with Crippen molar-refractivity contribution < 1.29 is 19.4 Å². The Morgan fingerprint density at radius 2 is 2.27 bits per heavy atom. The average Bonchev–Trinajstić information content (AvgIpc) is 2.18. The molecule has 1 aliphatic rings. The number of carbonyl (C=O) groups is 1. The van der Waals surface area contributed by atoms with Gasteiger partial charge in [-0.3, -0.25) is 4.79 Å². The third kappa shape index (κ3) is 4.15. The zero-order valence-electron chi connectivity index (χ0n) is 9.28. The summed E-state index contributed by atoms with van der Waals surface area (Å²) in [7, 11) is 0. The van der Waals surface area contributed by atoms with Crippen molar-refractivity contribution in [3.05, 3.63) is 0 Å². The number of aliphatic hydroxyl groups excluding tert-OH is 1. The molecule has 15 heavy (non-hydrogen) atoms. The maximum absolute atomic E-state index is 11.7. The van der Waals surface area contributed by atoms with E-state index in [1.165, 1.54) is 0 Å². The number of nitrogens with one attached hydrogen (secondary N) is 1. The van der Waals surface area contributed by atoms with E-state index in [1.807, 2.05) is 13.8 Å². The van der Waals surface area contributed by atoms with E-state index in [9.17, 15) is 4.79 Å². The van der Waals surface area contributed by atoms with Crippen LogP contribution in [0.1, 0.15) is 20.3 Å². The lowest BCUT2D eigenvalue weighted by atomic mass is 10.0. The first-order valence-electron chi connectivity index (χ1n) is 5.17. The third-order valence-corrected chi connectivity index (χ3v) is 2.31. The van der Waals surface area contributed by atoms with E-state index in [0.29, 0.717) is 26.2 Å². The number of hydrogen-bond acceptors (Lipinski definition) is 4. The maximum atomic E-state index is 11.7. The van der Waals surface area contributed by atoms with Gasteiger partial charge in [-0.05, 0) is 20.3 Å². The fourth-order valence-electron chi connectivity index (χ4n) is 1.40. The van der Waals surface area contributed by atoms with Gasteiger partial charge in [0, 0.05) is 12.1 Å². The second-order valence-electron chi connectivity index (χ2n) is 4.28. The molecule has 0 radical (unpaired) electrons. The molecule has 2 N–H and O–H groups in total. The van der Waals surface area contributed by atoms with Gasteiger partial charge in [0.2, 0.25) is 0 Å². The van der Waals surface area contributed by atoms with Gasteiger partial charge in [0.25, 0.3) is 5.91 Å². The predicted octanol–water partition coefficient (Wildman–Crippen LogP) is -0.321. The largest absolute Gasteiger partial charge is 0.396 e. The molecule has 0 spiro atoms. The number of rotatable bonds is 4. The zero-order chi connectivity index (χ0) is 11.3. The normalized spacial score (nSPS) is 22.5. The lowest BCUT2D eigenvalue weighted by Crippen LogP contribution is -2.51. The number of amides is 1. The Balaban J connectivity index is 2.39. The summed E-state index contributed by atoms with van der Waals surface area (Å²) in [5.41, 5.74) is -0.410. The number of carbonyl (C=O) groups excluding carboxylic acids is 1. The molecule has 0 aromatic carbocycles. The van der Waals surface area contributed by atoms with Gasteiger partial charge < -0.3 is 19.9 Å². The summed E-state index contributed by atoms with van der Waals surface area (Å²) < 4.78 is 10.4. The van der Waals surface area contributed by atoms with Crippen molar-refractivity contribution in [3.63, 3.8) is 0 Å². The summed E-state index contributed by atoms with van der Waals surface area (Å²) in [4.78, 5) is 11.7. The van der Waals surface area contributed by atoms with E-state index in [0.717, 1.165) is 0 Å². The van der Waals surface area contributed by atoms with Crippen LogP contribution < -0.4 is 5.32 Å². The number of aliphatic hydroxyl groups is 1. The lowest BCUT2D eigenvalue weighted by Gasteiger charge is -2.29. The van der Waals surface area contributed by atoms with Crippen molar-refractivity contribution in [2.24, 2.45) is 0 Å². The molecule has 1 unspecified atom stereocenters. The van der Waals surface area contributed by atoms with Crippen molar-refractivity contribution in [1.29, 1.82) is 0 Å². The van der Waals surface area contributed by atoms with E-state index in [2.05, 4.69) is 5.32 Å². The lowest BCUT2D eigenvalue weighted by molar-refractivity contribution is -0.149. The van der Waals surface area contributed by atoms with Crippen LogP contribution in [0.3, 0.4) is 0 Å². The van der Waals surface area contributed by atoms with Crippen LogP contribution in [0.5, 0.6) is 0 Å². The number of ether oxygens (including phenoxy) is 2. The summed E-state index contributed by atoms with van der Waals surface area (Å²) in [6, 6.07) is 0. The summed E-state index contributed by atoms with van der Waals surface area (Å²) >= 11 is 0. The molecule has 0 saturated carbocycles. The molecule has 0 aromatic heterocycles. The minimum atomic E-state index is -0.517. The first-order valence-corrected chi connectivity index (χ1v) is 5.17. The van der Waals surface area contributed by atoms with Crippen LogP contribution in [0.4, 0.5) is 0 Å². The quantitative estimate of drug-likeness (QED) is 0.677. The molecular formula is C10H19NO4. The van der Waals surface area contributed by atoms with Gasteiger partial charge in [0.15, 0.2) is 6.10 Å². The standard InChI is InChI=1S/C10H19NO4/c1-10(2,3-4-12)11-9(13)8-7-14-5-6-15-8/h8,12H,3-7H2,1-2H3,(H,11,13). The Morgan fingerprint density at radius 3 is 2.80 bits per heavy atom. The highest BCUT2D eigenvalue weighted by molar-refractivity contribution is 5.81. The first-order chi connectivity index (χ1) is 7.05. The van der Waals surface area contributed by atoms with Crippen LogP contribution in [-0.2, 0) is 14.3 Å². The van der Waals surface area contributed by atoms with Crippen LogP contribution in [0.15, 0.2) is 0 Å². The van der Waals surface area contributed by atoms with Crippen molar-refractivity contribution in [2.75, 3.05) is 26.4 Å². The number of hydrogen-bond donors (Lipinski definition) is 2. The van der Waals surface area contributed by atoms with E-state index in [1.54, 1.807) is 0 Å². The summed E-state index contributed by atoms with van der Waals surface area (Å²) in [6.45, 7) is 5.09. The molecule has 1 saturated heterocycles. The minimum Gasteiger partial charge on any atom is -0.396 e. The molecular weight excluding hydrogens is 198 g/mol. The molecule has 1 fully saturated rings. The molecule has 88 valence electrons. The van der Waals surface area contributed by atoms with Gasteiger partial charge >= 0.3 is 0 Å². The van der Waals surface area contributed by atoms with Crippen LogP contribution in [-0.4, -0.2) is 49.1 Å². The minimum absolute atomic E-state index is 0.0509. The molecule has 0 aromatic rings. The van der Waals surface area contributed by atoms with Crippen LogP contribution in [0.2, 0.25) is 0 Å². The maximum Gasteiger partial charge on any atom is 0.251 e. The van der Waals surface area contributed by atoms with Gasteiger partial charge in [0.1, 0.15) is 0 Å². The highest BCUT2D eigenvalue weighted by Crippen LogP contribution is 2.09. The van der Waals surface area contributed by atoms with Crippen molar-refractivity contribution in [1.82, 2.24) is 5.32 Å². The molecule has 1 aliphatic heterocycles. The average molecular weight is 217 g/mol. The summed E-state index contributed by atoms with van der Waals surface area (Å²) in [5.74, 6) is -0.173. The molecule has 1 amide bonds. The van der Waals surface area contributed by atoms with E-state index < -0.39 is 11.6 Å². The topological polar surface area (TPSA) is 67.8 Å². The first kappa shape index (κ1) is 12.4. The molecule has 1 rings (SSSR count). The molecule has 0 aliphatic carbocycles. The second-order valence-corrected chi connectivity index (χ2v) is 4.28. The van der Waals surface area contributed by atoms with Gasteiger partial charge in [-0.1, -0.05) is 0 Å². The SMILES string of the molecule is CC(C)(CCO)NC(=O)C1COCCO1. The molecule has 5 heteroatoms. The van der Waals surface area contributed by atoms with Gasteiger partial charge in [0.05, 0.1) is 19.8 Å². The van der Waals surface area contributed by atoms with Gasteiger partial charge in [-0.2, -0.15) is 0 Å². The monoisotopic (exact) mass is 217 g/mol. The Hall–Kier alpha value is -0.650. The Bertz CT molecular complexity index is 211. The summed E-state index contributed by atoms with van der Waals surface area (Å²) in [5, 5.41) is 11.6. The van der Waals surface area contributed by atoms with Crippen molar-refractivity contribution >= 4 is 5.91 Å². The Morgan fingerprint density at radius 1 is 1.53 bits per heavy atom. The van der Waals surface area contributed by atoms with Crippen LogP contribution >= 0.6 is 0 Å². The third-order valence-electron chi connectivity index (χ3n) is 2.31. The van der Waals surface area contributed by atoms with Crippen LogP contribution in [0.25, 0.3) is 0 Å². The molecule has 1 atom stereocenters. The fraction of sp³-hybridized carbons (Fsp3) is 0.900. The highest BCUT2D eigenvalue weighted by Gasteiger charge is 2.27. The highest BCUT2D eigenvalue weighted by atomic mass is 16.6. The van der Waals surface area contributed by atoms with Gasteiger partial charge in [-0.15, -0.1) is 0 Å². The Kier molecular flexibility index (Phi) is 4.50.